The fraction of sp³-hybridized carbons (Fsp3) is 0.778. The molecule has 10 heavy (non-hydrogen) atoms. The summed E-state index contributed by atoms with van der Waals surface area (Å²) in [4.78, 5) is 0. The van der Waals surface area contributed by atoms with Crippen LogP contribution in [0.5, 0.6) is 0 Å². The molecule has 0 aromatic carbocycles. The average Bonchev–Trinajstić information content (AvgIpc) is 2.10. The molecule has 1 spiro atoms. The summed E-state index contributed by atoms with van der Waals surface area (Å²) in [6, 6.07) is 0. The summed E-state index contributed by atoms with van der Waals surface area (Å²) in [7, 11) is 0. The molecule has 2 aliphatic carbocycles. The van der Waals surface area contributed by atoms with Crippen LogP contribution in [0.4, 0.5) is 0 Å². The van der Waals surface area contributed by atoms with Gasteiger partial charge in [-0.3, -0.25) is 0 Å². The first-order chi connectivity index (χ1) is 4.75. The lowest BCUT2D eigenvalue weighted by atomic mass is 9.72. The van der Waals surface area contributed by atoms with Crippen LogP contribution in [0, 0.1) is 11.3 Å². The van der Waals surface area contributed by atoms with Crippen LogP contribution in [0.3, 0.4) is 0 Å². The first-order valence-corrected chi connectivity index (χ1v) is 4.10. The molecule has 0 amide bonds. The number of aliphatic hydroxyl groups excluding tert-OH is 1. The van der Waals surface area contributed by atoms with E-state index in [1.54, 1.807) is 0 Å². The van der Waals surface area contributed by atoms with Gasteiger partial charge in [-0.25, -0.2) is 0 Å². The maximum absolute atomic E-state index is 9.72. The lowest BCUT2D eigenvalue weighted by molar-refractivity contribution is 0.0501. The van der Waals surface area contributed by atoms with E-state index in [-0.39, 0.29) is 11.5 Å². The van der Waals surface area contributed by atoms with Crippen molar-refractivity contribution in [3.05, 3.63) is 12.2 Å². The van der Waals surface area contributed by atoms with Crippen LogP contribution in [0.2, 0.25) is 0 Å². The van der Waals surface area contributed by atoms with Gasteiger partial charge < -0.3 is 5.11 Å². The van der Waals surface area contributed by atoms with Crippen LogP contribution in [-0.2, 0) is 0 Å². The fourth-order valence-electron chi connectivity index (χ4n) is 2.19. The molecule has 1 N–H and O–H groups in total. The Kier molecular flexibility index (Phi) is 1.19. The Morgan fingerprint density at radius 2 is 2.30 bits per heavy atom. The van der Waals surface area contributed by atoms with Gasteiger partial charge in [0.15, 0.2) is 0 Å². The van der Waals surface area contributed by atoms with Gasteiger partial charge in [0.05, 0.1) is 6.10 Å². The molecule has 0 radical (unpaired) electrons. The zero-order chi connectivity index (χ0) is 7.19. The number of rotatable bonds is 0. The Hall–Kier alpha value is -0.300. The molecular weight excluding hydrogens is 124 g/mol. The van der Waals surface area contributed by atoms with Gasteiger partial charge in [0, 0.05) is 5.41 Å². The van der Waals surface area contributed by atoms with Crippen molar-refractivity contribution in [2.24, 2.45) is 11.3 Å². The Morgan fingerprint density at radius 1 is 1.60 bits per heavy atom. The average molecular weight is 138 g/mol. The van der Waals surface area contributed by atoms with Crippen molar-refractivity contribution in [1.29, 1.82) is 0 Å². The highest BCUT2D eigenvalue weighted by molar-refractivity contribution is 5.19. The number of allylic oxidation sites excluding steroid dienone is 1. The van der Waals surface area contributed by atoms with Gasteiger partial charge in [0.2, 0.25) is 0 Å². The summed E-state index contributed by atoms with van der Waals surface area (Å²) >= 11 is 0. The van der Waals surface area contributed by atoms with Gasteiger partial charge in [-0.05, 0) is 25.2 Å². The number of aliphatic hydroxyl groups is 1. The maximum atomic E-state index is 9.72. The predicted molar refractivity (Wildman–Crippen MR) is 40.6 cm³/mol. The van der Waals surface area contributed by atoms with Gasteiger partial charge >= 0.3 is 0 Å². The van der Waals surface area contributed by atoms with E-state index in [1.807, 2.05) is 0 Å². The van der Waals surface area contributed by atoms with Crippen molar-refractivity contribution in [3.8, 4) is 0 Å². The molecule has 0 aromatic rings. The van der Waals surface area contributed by atoms with E-state index in [1.165, 1.54) is 12.8 Å². The molecule has 0 bridgehead atoms. The molecule has 3 atom stereocenters. The van der Waals surface area contributed by atoms with Crippen molar-refractivity contribution in [2.75, 3.05) is 0 Å². The van der Waals surface area contributed by atoms with Gasteiger partial charge in [-0.15, -0.1) is 0 Å². The summed E-state index contributed by atoms with van der Waals surface area (Å²) in [6.07, 6.45) is 7.82. The molecule has 1 nitrogen and oxygen atoms in total. The second-order valence-corrected chi connectivity index (χ2v) is 3.80. The first-order valence-electron chi connectivity index (χ1n) is 4.10. The molecule has 1 fully saturated rings. The monoisotopic (exact) mass is 138 g/mol. The van der Waals surface area contributed by atoms with Crippen molar-refractivity contribution in [1.82, 2.24) is 0 Å². The number of hydrogen-bond donors (Lipinski definition) is 1. The fourth-order valence-corrected chi connectivity index (χ4v) is 2.19. The van der Waals surface area contributed by atoms with Crippen LogP contribution in [0.15, 0.2) is 12.2 Å². The third kappa shape index (κ3) is 0.615. The summed E-state index contributed by atoms with van der Waals surface area (Å²) in [6.45, 7) is 2.14. The highest BCUT2D eigenvalue weighted by Gasteiger charge is 2.46. The minimum atomic E-state index is -0.0579. The van der Waals surface area contributed by atoms with E-state index in [0.29, 0.717) is 5.92 Å². The summed E-state index contributed by atoms with van der Waals surface area (Å²) < 4.78 is 0. The minimum absolute atomic E-state index is 0.0579. The highest BCUT2D eigenvalue weighted by Crippen LogP contribution is 2.50. The summed E-state index contributed by atoms with van der Waals surface area (Å²) in [5.74, 6) is 0.518. The molecule has 3 unspecified atom stereocenters. The summed E-state index contributed by atoms with van der Waals surface area (Å²) in [5.41, 5.74) is 0.222. The van der Waals surface area contributed by atoms with Crippen LogP contribution >= 0.6 is 0 Å². The first kappa shape index (κ1) is 6.41. The van der Waals surface area contributed by atoms with E-state index in [0.717, 1.165) is 6.42 Å². The molecule has 0 saturated heterocycles. The van der Waals surface area contributed by atoms with Gasteiger partial charge in [-0.1, -0.05) is 19.1 Å². The van der Waals surface area contributed by atoms with E-state index in [9.17, 15) is 5.11 Å². The Labute approximate surface area is 61.8 Å². The van der Waals surface area contributed by atoms with E-state index in [4.69, 9.17) is 0 Å². The molecule has 2 rings (SSSR count). The van der Waals surface area contributed by atoms with Crippen molar-refractivity contribution < 1.29 is 5.11 Å². The maximum Gasteiger partial charge on any atom is 0.0659 e. The molecule has 0 heterocycles. The summed E-state index contributed by atoms with van der Waals surface area (Å²) in [5, 5.41) is 9.72. The van der Waals surface area contributed by atoms with Crippen LogP contribution in [-0.4, -0.2) is 11.2 Å². The van der Waals surface area contributed by atoms with Crippen LogP contribution < -0.4 is 0 Å². The van der Waals surface area contributed by atoms with E-state index < -0.39 is 0 Å². The SMILES string of the molecule is CC1CCC2(C=CC2)C1O. The largest absolute Gasteiger partial charge is 0.392 e. The Morgan fingerprint density at radius 3 is 2.50 bits per heavy atom. The second-order valence-electron chi connectivity index (χ2n) is 3.80. The van der Waals surface area contributed by atoms with Crippen LogP contribution in [0.25, 0.3) is 0 Å². The second kappa shape index (κ2) is 1.85. The lowest BCUT2D eigenvalue weighted by Crippen LogP contribution is -2.34. The van der Waals surface area contributed by atoms with Crippen molar-refractivity contribution in [3.63, 3.8) is 0 Å². The van der Waals surface area contributed by atoms with Gasteiger partial charge in [0.1, 0.15) is 0 Å². The smallest absolute Gasteiger partial charge is 0.0659 e. The van der Waals surface area contributed by atoms with E-state index >= 15 is 0 Å². The number of hydrogen-bond acceptors (Lipinski definition) is 1. The standard InChI is InChI=1S/C9H14O/c1-7-3-6-9(8(7)10)4-2-5-9/h2,4,7-8,10H,3,5-6H2,1H3. The molecule has 0 aliphatic heterocycles. The molecule has 1 saturated carbocycles. The van der Waals surface area contributed by atoms with Crippen LogP contribution in [0.1, 0.15) is 26.2 Å². The lowest BCUT2D eigenvalue weighted by Gasteiger charge is -2.35. The normalized spacial score (nSPS) is 51.8. The molecule has 2 aliphatic rings. The van der Waals surface area contributed by atoms with Gasteiger partial charge in [0.25, 0.3) is 0 Å². The quantitative estimate of drug-likeness (QED) is 0.505. The zero-order valence-electron chi connectivity index (χ0n) is 6.38. The third-order valence-corrected chi connectivity index (χ3v) is 3.14. The molecule has 56 valence electrons. The molecular formula is C9H14O. The Balaban J connectivity index is 2.19. The van der Waals surface area contributed by atoms with E-state index in [2.05, 4.69) is 19.1 Å². The van der Waals surface area contributed by atoms with Crippen molar-refractivity contribution >= 4 is 0 Å². The topological polar surface area (TPSA) is 20.2 Å². The third-order valence-electron chi connectivity index (χ3n) is 3.14. The predicted octanol–water partition coefficient (Wildman–Crippen LogP) is 1.72. The van der Waals surface area contributed by atoms with Crippen molar-refractivity contribution in [2.45, 2.75) is 32.3 Å². The van der Waals surface area contributed by atoms with Gasteiger partial charge in [-0.2, -0.15) is 0 Å². The molecule has 1 heteroatoms. The highest BCUT2D eigenvalue weighted by atomic mass is 16.3. The zero-order valence-corrected chi connectivity index (χ0v) is 6.38. The molecule has 0 aromatic heterocycles. The Bertz CT molecular complexity index is 174. The minimum Gasteiger partial charge on any atom is -0.392 e.